The van der Waals surface area contributed by atoms with E-state index in [4.69, 9.17) is 0 Å². The first-order chi connectivity index (χ1) is 9.65. The molecule has 0 spiro atoms. The second-order valence-corrected chi connectivity index (χ2v) is 7.27. The number of benzene rings is 1. The Labute approximate surface area is 139 Å². The Morgan fingerprint density at radius 2 is 1.62 bits per heavy atom. The van der Waals surface area contributed by atoms with E-state index < -0.39 is 0 Å². The fraction of sp³-hybridized carbons (Fsp3) is 0.467. The summed E-state index contributed by atoms with van der Waals surface area (Å²) in [5.74, 6) is -0.227. The van der Waals surface area contributed by atoms with Gasteiger partial charge in [-0.1, -0.05) is 0 Å². The van der Waals surface area contributed by atoms with Crippen molar-refractivity contribution in [2.75, 3.05) is 25.5 Å². The molecule has 2 amide bonds. The van der Waals surface area contributed by atoms with E-state index in [1.807, 2.05) is 45.0 Å². The molecule has 2 N–H and O–H groups in total. The summed E-state index contributed by atoms with van der Waals surface area (Å²) in [6, 6.07) is 7.56. The molecule has 0 unspecified atom stereocenters. The number of hydrogen-bond acceptors (Lipinski definition) is 3. The Bertz CT molecular complexity index is 495. The van der Waals surface area contributed by atoms with Gasteiger partial charge in [-0.3, -0.25) is 14.5 Å². The fourth-order valence-electron chi connectivity index (χ4n) is 1.74. The summed E-state index contributed by atoms with van der Waals surface area (Å²) in [5, 5.41) is 5.67. The van der Waals surface area contributed by atoms with Crippen LogP contribution in [-0.2, 0) is 9.59 Å². The summed E-state index contributed by atoms with van der Waals surface area (Å²) >= 11 is 2.21. The Morgan fingerprint density at radius 1 is 1.10 bits per heavy atom. The smallest absolute Gasteiger partial charge is 0.238 e. The van der Waals surface area contributed by atoms with Gasteiger partial charge in [-0.25, -0.2) is 0 Å². The third kappa shape index (κ3) is 8.01. The van der Waals surface area contributed by atoms with Crippen LogP contribution in [0.2, 0.25) is 0 Å². The van der Waals surface area contributed by atoms with Crippen molar-refractivity contribution in [1.29, 1.82) is 0 Å². The Hall–Kier alpha value is -1.15. The van der Waals surface area contributed by atoms with Gasteiger partial charge >= 0.3 is 0 Å². The monoisotopic (exact) mass is 403 g/mol. The number of nitrogens with zero attached hydrogens (tertiary/aromatic N) is 1. The molecule has 0 heterocycles. The zero-order valence-corrected chi connectivity index (χ0v) is 15.0. The fourth-order valence-corrected chi connectivity index (χ4v) is 2.10. The van der Waals surface area contributed by atoms with Gasteiger partial charge in [0.15, 0.2) is 0 Å². The SMILES string of the molecule is CN(CC(=O)Nc1ccc(I)cc1)CC(=O)NC(C)(C)C. The molecule has 0 aromatic heterocycles. The van der Waals surface area contributed by atoms with E-state index in [1.54, 1.807) is 11.9 Å². The maximum absolute atomic E-state index is 11.9. The van der Waals surface area contributed by atoms with Gasteiger partial charge in [-0.15, -0.1) is 0 Å². The Morgan fingerprint density at radius 3 is 2.14 bits per heavy atom. The van der Waals surface area contributed by atoms with Crippen molar-refractivity contribution in [3.8, 4) is 0 Å². The van der Waals surface area contributed by atoms with Crippen LogP contribution in [0.3, 0.4) is 0 Å². The minimum atomic E-state index is -0.263. The van der Waals surface area contributed by atoms with Gasteiger partial charge in [0.25, 0.3) is 0 Å². The lowest BCUT2D eigenvalue weighted by atomic mass is 10.1. The summed E-state index contributed by atoms with van der Waals surface area (Å²) in [4.78, 5) is 25.3. The van der Waals surface area contributed by atoms with Crippen LogP contribution in [-0.4, -0.2) is 42.4 Å². The van der Waals surface area contributed by atoms with E-state index in [0.717, 1.165) is 9.26 Å². The molecule has 0 aliphatic rings. The van der Waals surface area contributed by atoms with Crippen molar-refractivity contribution in [2.45, 2.75) is 26.3 Å². The van der Waals surface area contributed by atoms with Crippen LogP contribution >= 0.6 is 22.6 Å². The molecule has 116 valence electrons. The summed E-state index contributed by atoms with van der Waals surface area (Å²) in [6.07, 6.45) is 0. The molecule has 1 aromatic rings. The Balaban J connectivity index is 2.40. The number of anilines is 1. The lowest BCUT2D eigenvalue weighted by Crippen LogP contribution is -2.46. The van der Waals surface area contributed by atoms with Crippen LogP contribution in [0.4, 0.5) is 5.69 Å². The molecule has 0 bridgehead atoms. The third-order valence-electron chi connectivity index (χ3n) is 2.47. The number of amides is 2. The van der Waals surface area contributed by atoms with Gasteiger partial charge in [-0.05, 0) is 74.7 Å². The van der Waals surface area contributed by atoms with Crippen LogP contribution in [0.25, 0.3) is 0 Å². The average molecular weight is 403 g/mol. The van der Waals surface area contributed by atoms with Crippen molar-refractivity contribution < 1.29 is 9.59 Å². The highest BCUT2D eigenvalue weighted by atomic mass is 127. The normalized spacial score (nSPS) is 11.3. The molecule has 21 heavy (non-hydrogen) atoms. The lowest BCUT2D eigenvalue weighted by molar-refractivity contribution is -0.124. The molecule has 0 aliphatic heterocycles. The minimum Gasteiger partial charge on any atom is -0.350 e. The standard InChI is InChI=1S/C15H22IN3O2/c1-15(2,3)18-14(21)10-19(4)9-13(20)17-12-7-5-11(16)6-8-12/h5-8H,9-10H2,1-4H3,(H,17,20)(H,18,21). The van der Waals surface area contributed by atoms with Crippen LogP contribution in [0.15, 0.2) is 24.3 Å². The molecule has 5 nitrogen and oxygen atoms in total. The quantitative estimate of drug-likeness (QED) is 0.741. The van der Waals surface area contributed by atoms with Crippen LogP contribution < -0.4 is 10.6 Å². The summed E-state index contributed by atoms with van der Waals surface area (Å²) in [6.45, 7) is 6.14. The van der Waals surface area contributed by atoms with Gasteiger partial charge < -0.3 is 10.6 Å². The van der Waals surface area contributed by atoms with E-state index in [0.29, 0.717) is 0 Å². The zero-order valence-electron chi connectivity index (χ0n) is 12.9. The van der Waals surface area contributed by atoms with E-state index >= 15 is 0 Å². The molecule has 0 fully saturated rings. The van der Waals surface area contributed by atoms with E-state index in [1.165, 1.54) is 0 Å². The molecule has 6 heteroatoms. The number of likely N-dealkylation sites (N-methyl/N-ethyl adjacent to an activating group) is 1. The van der Waals surface area contributed by atoms with Crippen molar-refractivity contribution in [2.24, 2.45) is 0 Å². The van der Waals surface area contributed by atoms with Crippen LogP contribution in [0.5, 0.6) is 0 Å². The predicted octanol–water partition coefficient (Wildman–Crippen LogP) is 2.08. The lowest BCUT2D eigenvalue weighted by Gasteiger charge is -2.23. The van der Waals surface area contributed by atoms with Crippen LogP contribution in [0.1, 0.15) is 20.8 Å². The van der Waals surface area contributed by atoms with E-state index in [9.17, 15) is 9.59 Å². The largest absolute Gasteiger partial charge is 0.350 e. The average Bonchev–Trinajstić information content (AvgIpc) is 2.28. The second-order valence-electron chi connectivity index (χ2n) is 6.03. The van der Waals surface area contributed by atoms with Crippen molar-refractivity contribution in [1.82, 2.24) is 10.2 Å². The van der Waals surface area contributed by atoms with Crippen molar-refractivity contribution in [3.05, 3.63) is 27.8 Å². The molecule has 0 atom stereocenters. The number of nitrogens with one attached hydrogen (secondary N) is 2. The molecule has 0 saturated heterocycles. The molecular weight excluding hydrogens is 381 g/mol. The number of hydrogen-bond donors (Lipinski definition) is 2. The molecule has 0 aliphatic carbocycles. The first-order valence-corrected chi connectivity index (χ1v) is 7.78. The molecule has 0 saturated carbocycles. The number of carbonyl (C=O) groups is 2. The van der Waals surface area contributed by atoms with Crippen molar-refractivity contribution >= 4 is 40.1 Å². The third-order valence-corrected chi connectivity index (χ3v) is 3.19. The minimum absolute atomic E-state index is 0.0907. The van der Waals surface area contributed by atoms with Gasteiger partial charge in [0, 0.05) is 14.8 Å². The number of rotatable bonds is 5. The molecule has 1 rings (SSSR count). The first kappa shape index (κ1) is 17.9. The highest BCUT2D eigenvalue weighted by Crippen LogP contribution is 2.10. The van der Waals surface area contributed by atoms with Gasteiger partial charge in [0.2, 0.25) is 11.8 Å². The topological polar surface area (TPSA) is 61.4 Å². The van der Waals surface area contributed by atoms with Crippen LogP contribution in [0, 0.1) is 3.57 Å². The molecule has 1 aromatic carbocycles. The highest BCUT2D eigenvalue weighted by Gasteiger charge is 2.16. The molecular formula is C15H22IN3O2. The highest BCUT2D eigenvalue weighted by molar-refractivity contribution is 14.1. The summed E-state index contributed by atoms with van der Waals surface area (Å²) < 4.78 is 1.11. The Kier molecular flexibility index (Phi) is 6.60. The van der Waals surface area contributed by atoms with E-state index in [2.05, 4.69) is 33.2 Å². The van der Waals surface area contributed by atoms with Gasteiger partial charge in [0.1, 0.15) is 0 Å². The summed E-state index contributed by atoms with van der Waals surface area (Å²) in [5.41, 5.74) is 0.495. The van der Waals surface area contributed by atoms with Crippen molar-refractivity contribution in [3.63, 3.8) is 0 Å². The second kappa shape index (κ2) is 7.74. The number of carbonyl (C=O) groups excluding carboxylic acids is 2. The first-order valence-electron chi connectivity index (χ1n) is 6.71. The molecule has 0 radical (unpaired) electrons. The van der Waals surface area contributed by atoms with E-state index in [-0.39, 0.29) is 30.4 Å². The maximum atomic E-state index is 11.9. The zero-order chi connectivity index (χ0) is 16.0. The van der Waals surface area contributed by atoms with Gasteiger partial charge in [0.05, 0.1) is 13.1 Å². The van der Waals surface area contributed by atoms with Gasteiger partial charge in [-0.2, -0.15) is 0 Å². The predicted molar refractivity (Wildman–Crippen MR) is 93.2 cm³/mol. The number of halogens is 1. The summed E-state index contributed by atoms with van der Waals surface area (Å²) in [7, 11) is 1.75. The maximum Gasteiger partial charge on any atom is 0.238 e.